The summed E-state index contributed by atoms with van der Waals surface area (Å²) in [6.07, 6.45) is 5.77. The molecule has 4 aliphatic rings. The lowest BCUT2D eigenvalue weighted by molar-refractivity contribution is -0.135. The van der Waals surface area contributed by atoms with Crippen molar-refractivity contribution < 1.29 is 27.9 Å². The van der Waals surface area contributed by atoms with Crippen LogP contribution in [-0.4, -0.2) is 126 Å². The zero-order chi connectivity index (χ0) is 43.9. The zero-order valence-corrected chi connectivity index (χ0v) is 35.7. The molecule has 1 aromatic carbocycles. The monoisotopic (exact) mass is 866 g/mol. The molecule has 3 atom stereocenters. The number of hydrogen-bond acceptors (Lipinski definition) is 11. The number of amides is 3. The second-order valence-electron chi connectivity index (χ2n) is 17.3. The van der Waals surface area contributed by atoms with Crippen molar-refractivity contribution in [2.45, 2.75) is 83.1 Å². The van der Waals surface area contributed by atoms with Crippen LogP contribution in [0.25, 0.3) is 16.7 Å². The molecule has 1 unspecified atom stereocenters. The number of alkyl halides is 2. The lowest BCUT2D eigenvalue weighted by Crippen LogP contribution is -2.48. The van der Waals surface area contributed by atoms with Crippen LogP contribution in [0.15, 0.2) is 47.7 Å². The highest BCUT2D eigenvalue weighted by molar-refractivity contribution is 6.08. The second-order valence-corrected chi connectivity index (χ2v) is 17.3. The summed E-state index contributed by atoms with van der Waals surface area (Å²) >= 11 is 0. The van der Waals surface area contributed by atoms with Crippen LogP contribution < -0.4 is 21.2 Å². The van der Waals surface area contributed by atoms with Crippen LogP contribution >= 0.6 is 0 Å². The Hall–Kier alpha value is -5.97. The quantitative estimate of drug-likeness (QED) is 0.164. The minimum atomic E-state index is -2.87. The van der Waals surface area contributed by atoms with E-state index < -0.39 is 30.0 Å². The molecule has 9 rings (SSSR count). The highest BCUT2D eigenvalue weighted by atomic mass is 19.3. The van der Waals surface area contributed by atoms with E-state index in [9.17, 15) is 28.0 Å². The largest absolute Gasteiger partial charge is 0.372 e. The number of benzene rings is 1. The fourth-order valence-electron chi connectivity index (χ4n) is 9.70. The van der Waals surface area contributed by atoms with Gasteiger partial charge in [0.2, 0.25) is 11.8 Å². The summed E-state index contributed by atoms with van der Waals surface area (Å²) in [4.78, 5) is 62.8. The number of aryl methyl sites for hydroxylation is 1. The number of anilines is 2. The van der Waals surface area contributed by atoms with E-state index in [1.807, 2.05) is 38.1 Å². The Morgan fingerprint density at radius 3 is 2.48 bits per heavy atom. The van der Waals surface area contributed by atoms with Gasteiger partial charge < -0.3 is 19.9 Å². The third-order valence-corrected chi connectivity index (χ3v) is 12.9. The second kappa shape index (κ2) is 17.7. The van der Waals surface area contributed by atoms with Crippen LogP contribution in [-0.2, 0) is 21.4 Å². The lowest BCUT2D eigenvalue weighted by atomic mass is 9.85. The fraction of sp³-hybridized carbons (Fsp3) is 0.523. The number of piperazine rings is 1. The number of carbonyl (C=O) groups excluding carboxylic acids is 3. The molecule has 0 radical (unpaired) electrons. The zero-order valence-electron chi connectivity index (χ0n) is 35.7. The van der Waals surface area contributed by atoms with E-state index in [1.54, 1.807) is 17.9 Å². The molecule has 4 aromatic heterocycles. The molecule has 5 aromatic rings. The number of rotatable bonds is 9. The smallest absolute Gasteiger partial charge is 0.329 e. The van der Waals surface area contributed by atoms with Crippen LogP contribution in [0.1, 0.15) is 92.5 Å². The van der Waals surface area contributed by atoms with Gasteiger partial charge in [0.25, 0.3) is 12.3 Å². The topological polar surface area (TPSA) is 169 Å². The molecule has 3 amide bonds. The molecule has 63 heavy (non-hydrogen) atoms. The van der Waals surface area contributed by atoms with Crippen molar-refractivity contribution in [3.05, 3.63) is 70.2 Å². The maximum atomic E-state index is 14.3. The number of fused-ring (bicyclic) bond motifs is 2. The Kier molecular flexibility index (Phi) is 11.9. The molecule has 17 nitrogen and oxygen atoms in total. The minimum absolute atomic E-state index is 0.0162. The summed E-state index contributed by atoms with van der Waals surface area (Å²) in [6, 6.07) is 6.55. The average molecular weight is 867 g/mol. The minimum Gasteiger partial charge on any atom is -0.372 e. The van der Waals surface area contributed by atoms with E-state index in [4.69, 9.17) is 9.72 Å². The number of ether oxygens (including phenoxy) is 1. The van der Waals surface area contributed by atoms with E-state index in [0.717, 1.165) is 58.4 Å². The van der Waals surface area contributed by atoms with Gasteiger partial charge in [-0.25, -0.2) is 23.1 Å². The van der Waals surface area contributed by atoms with Gasteiger partial charge in [0, 0.05) is 71.7 Å². The van der Waals surface area contributed by atoms with E-state index in [-0.39, 0.29) is 53.9 Å². The molecule has 3 saturated heterocycles. The summed E-state index contributed by atoms with van der Waals surface area (Å²) in [5.41, 5.74) is 1.70. The predicted octanol–water partition coefficient (Wildman–Crippen LogP) is 3.76. The summed E-state index contributed by atoms with van der Waals surface area (Å²) < 4.78 is 40.6. The summed E-state index contributed by atoms with van der Waals surface area (Å²) in [6.45, 7) is 10.4. The number of nitrogens with zero attached hydrogens (tertiary/aromatic N) is 10. The number of morpholine rings is 1. The molecule has 19 heteroatoms. The highest BCUT2D eigenvalue weighted by Crippen LogP contribution is 2.36. The van der Waals surface area contributed by atoms with E-state index in [1.165, 1.54) is 26.0 Å². The number of para-hydroxylation sites is 1. The first-order valence-corrected chi connectivity index (χ1v) is 21.8. The molecule has 1 aliphatic carbocycles. The Morgan fingerprint density at radius 2 is 1.75 bits per heavy atom. The normalized spacial score (nSPS) is 23.9. The standard InChI is InChI=1S/C44H52F2N12O5/c1-27-23-55(24-28(2)63-27)36-15-17-56-41(49-36)32(22-47-56)42(60)48-33-26-57(51-38(33)40(45)46)31-11-9-29(10-12-31)25-54-20-18-53(19-21-54)16-5-7-30-6-4-8-34-39(30)52(3)44(62)58(34)35-13-14-37(59)50-43(35)61/h4,6,8,15,17,22,26-29,31,35,40H,9-14,16,18-21,23-25H2,1-3H3,(H,48,60)(H,50,59,61)/t27-,28-,29?,31?,35?/m0/s1. The Bertz CT molecular complexity index is 2650. The van der Waals surface area contributed by atoms with Crippen LogP contribution in [0.3, 0.4) is 0 Å². The molecule has 0 spiro atoms. The number of piperidine rings is 1. The number of imide groups is 1. The van der Waals surface area contributed by atoms with Crippen molar-refractivity contribution in [3.63, 3.8) is 0 Å². The van der Waals surface area contributed by atoms with Gasteiger partial charge in [-0.15, -0.1) is 0 Å². The Balaban J connectivity index is 0.770. The molecular formula is C44H52F2N12O5. The highest BCUT2D eigenvalue weighted by Gasteiger charge is 2.33. The lowest BCUT2D eigenvalue weighted by Gasteiger charge is -2.37. The number of hydrogen-bond donors (Lipinski definition) is 2. The van der Waals surface area contributed by atoms with Crippen LogP contribution in [0.5, 0.6) is 0 Å². The van der Waals surface area contributed by atoms with E-state index in [2.05, 4.69) is 47.4 Å². The molecule has 2 N–H and O–H groups in total. The SMILES string of the molecule is C[C@H]1CN(c2ccn3ncc(C(=O)Nc4cn(C5CCC(CN6CCN(CC#Cc7cccc8c7n(C)c(=O)n8C7CCC(=O)NC7=O)CC6)CC5)nc4C(F)F)c3n2)C[C@H](C)O1. The summed E-state index contributed by atoms with van der Waals surface area (Å²) in [5.74, 6) is 6.35. The van der Waals surface area contributed by atoms with Crippen molar-refractivity contribution >= 4 is 45.9 Å². The first-order chi connectivity index (χ1) is 30.4. The fourth-order valence-corrected chi connectivity index (χ4v) is 9.70. The average Bonchev–Trinajstić information content (AvgIpc) is 3.96. The van der Waals surface area contributed by atoms with Gasteiger partial charge in [0.15, 0.2) is 11.3 Å². The summed E-state index contributed by atoms with van der Waals surface area (Å²) in [5, 5.41) is 13.6. The van der Waals surface area contributed by atoms with Crippen LogP contribution in [0.4, 0.5) is 20.3 Å². The van der Waals surface area contributed by atoms with Crippen LogP contribution in [0.2, 0.25) is 0 Å². The molecule has 332 valence electrons. The van der Waals surface area contributed by atoms with Crippen molar-refractivity contribution in [2.24, 2.45) is 13.0 Å². The number of nitrogens with one attached hydrogen (secondary N) is 2. The van der Waals surface area contributed by atoms with Gasteiger partial charge >= 0.3 is 5.69 Å². The summed E-state index contributed by atoms with van der Waals surface area (Å²) in [7, 11) is 1.67. The molecule has 7 heterocycles. The van der Waals surface area contributed by atoms with Gasteiger partial charge in [-0.3, -0.25) is 38.4 Å². The number of imidazole rings is 1. The number of aromatic nitrogens is 7. The van der Waals surface area contributed by atoms with E-state index >= 15 is 0 Å². The number of carbonyl (C=O) groups is 3. The maximum Gasteiger partial charge on any atom is 0.329 e. The predicted molar refractivity (Wildman–Crippen MR) is 230 cm³/mol. The molecule has 3 aliphatic heterocycles. The Morgan fingerprint density at radius 1 is 1.00 bits per heavy atom. The van der Waals surface area contributed by atoms with E-state index in [0.29, 0.717) is 53.6 Å². The van der Waals surface area contributed by atoms with Crippen molar-refractivity contribution in [3.8, 4) is 11.8 Å². The van der Waals surface area contributed by atoms with Crippen molar-refractivity contribution in [1.82, 2.24) is 48.6 Å². The molecule has 0 bridgehead atoms. The van der Waals surface area contributed by atoms with Gasteiger partial charge in [-0.05, 0) is 70.1 Å². The van der Waals surface area contributed by atoms with Gasteiger partial charge in [0.05, 0.1) is 53.3 Å². The number of halogens is 2. The van der Waals surface area contributed by atoms with Crippen molar-refractivity contribution in [2.75, 3.05) is 62.6 Å². The first kappa shape index (κ1) is 42.3. The van der Waals surface area contributed by atoms with Gasteiger partial charge in [-0.1, -0.05) is 17.9 Å². The van der Waals surface area contributed by atoms with Gasteiger partial charge in [-0.2, -0.15) is 10.2 Å². The third-order valence-electron chi connectivity index (χ3n) is 12.9. The molecule has 1 saturated carbocycles. The maximum absolute atomic E-state index is 14.3. The molecule has 4 fully saturated rings. The molecular weight excluding hydrogens is 815 g/mol. The third kappa shape index (κ3) is 8.71. The Labute approximate surface area is 362 Å². The van der Waals surface area contributed by atoms with Gasteiger partial charge in [0.1, 0.15) is 17.4 Å². The first-order valence-electron chi connectivity index (χ1n) is 21.8. The van der Waals surface area contributed by atoms with Crippen molar-refractivity contribution in [1.29, 1.82) is 0 Å². The van der Waals surface area contributed by atoms with Crippen LogP contribution in [0, 0.1) is 17.8 Å².